The molecule has 0 radical (unpaired) electrons. The molecule has 3 N–H and O–H groups in total. The zero-order valence-corrected chi connectivity index (χ0v) is 18.1. The first kappa shape index (κ1) is 21.9. The van der Waals surface area contributed by atoms with Crippen molar-refractivity contribution >= 4 is 29.3 Å². The Labute approximate surface area is 191 Å². The maximum atomic E-state index is 14.7. The van der Waals surface area contributed by atoms with Gasteiger partial charge in [0.15, 0.2) is 0 Å². The third-order valence-corrected chi connectivity index (χ3v) is 6.62. The molecule has 0 fully saturated rings. The molecule has 32 heavy (non-hydrogen) atoms. The smallest absolute Gasteiger partial charge is 0.358 e. The van der Waals surface area contributed by atoms with Crippen molar-refractivity contribution in [3.8, 4) is 11.5 Å². The fraction of sp³-hybridized carbons (Fsp3) is 0. The van der Waals surface area contributed by atoms with Gasteiger partial charge in [-0.05, 0) is 78.9 Å². The minimum atomic E-state index is -0.512. The molecule has 3 nitrogen and oxygen atoms in total. The second kappa shape index (κ2) is 9.46. The van der Waals surface area contributed by atoms with Gasteiger partial charge in [-0.1, -0.05) is 23.5 Å². The first-order valence-corrected chi connectivity index (χ1v) is 11.1. The second-order valence-corrected chi connectivity index (χ2v) is 9.09. The van der Waals surface area contributed by atoms with Gasteiger partial charge in [-0.15, -0.1) is 0 Å². The van der Waals surface area contributed by atoms with Crippen molar-refractivity contribution in [3.05, 3.63) is 108 Å². The lowest BCUT2D eigenvalue weighted by Gasteiger charge is -2.07. The molecule has 0 unspecified atom stereocenters. The van der Waals surface area contributed by atoms with E-state index in [4.69, 9.17) is 0 Å². The molecule has 4 aromatic rings. The number of hydrogen-bond acceptors (Lipinski definition) is 4. The van der Waals surface area contributed by atoms with Crippen LogP contribution in [0.1, 0.15) is 11.1 Å². The van der Waals surface area contributed by atoms with E-state index in [0.717, 1.165) is 20.8 Å². The monoisotopic (exact) mass is 467 g/mol. The van der Waals surface area contributed by atoms with E-state index in [-0.39, 0.29) is 34.2 Å². The quantitative estimate of drug-likeness (QED) is 0.247. The Morgan fingerprint density at radius 2 is 1.28 bits per heavy atom. The van der Waals surface area contributed by atoms with Gasteiger partial charge in [0.2, 0.25) is 0 Å². The number of carbonyl (C=O) groups excluding carboxylic acids is 1. The summed E-state index contributed by atoms with van der Waals surface area (Å²) in [4.78, 5) is 13.5. The normalized spacial score (nSPS) is 10.8. The lowest BCUT2D eigenvalue weighted by atomic mass is 10.0. The average molecular weight is 468 g/mol. The van der Waals surface area contributed by atoms with E-state index >= 15 is 0 Å². The Morgan fingerprint density at radius 1 is 0.688 bits per heavy atom. The van der Waals surface area contributed by atoms with Gasteiger partial charge in [-0.3, -0.25) is 4.79 Å². The van der Waals surface area contributed by atoms with E-state index < -0.39 is 5.82 Å². The number of hydrogen-bond donors (Lipinski definition) is 2. The standard InChI is InChI=1S/C25H16F2O3S2/c26-16-2-5-18(6-3-16)31-19-7-9-20(10-8-19)32-24-12-1-15(13-22(24)27)25(30)21-11-4-17(28)14-23(21)29/h1-14,28-29H/p+1. The summed E-state index contributed by atoms with van der Waals surface area (Å²) in [6.07, 6.45) is 0. The highest BCUT2D eigenvalue weighted by Crippen LogP contribution is 2.34. The maximum Gasteiger partial charge on any atom is 0.358 e. The molecule has 4 rings (SSSR count). The van der Waals surface area contributed by atoms with Crippen molar-refractivity contribution in [1.29, 1.82) is 0 Å². The first-order chi connectivity index (χ1) is 15.4. The predicted molar refractivity (Wildman–Crippen MR) is 122 cm³/mol. The van der Waals surface area contributed by atoms with Crippen molar-refractivity contribution in [2.75, 3.05) is 0 Å². The lowest BCUT2D eigenvalue weighted by Crippen LogP contribution is -2.04. The number of aromatic hydroxyl groups is 2. The maximum absolute atomic E-state index is 14.7. The third-order valence-electron chi connectivity index (χ3n) is 4.54. The van der Waals surface area contributed by atoms with Crippen molar-refractivity contribution in [3.63, 3.8) is 0 Å². The molecule has 160 valence electrons. The van der Waals surface area contributed by atoms with E-state index in [1.54, 1.807) is 24.3 Å². The van der Waals surface area contributed by atoms with Crippen LogP contribution in [0.2, 0.25) is 0 Å². The van der Waals surface area contributed by atoms with Gasteiger partial charge in [-0.2, -0.15) is 0 Å². The molecule has 0 atom stereocenters. The van der Waals surface area contributed by atoms with E-state index in [1.165, 1.54) is 53.9 Å². The summed E-state index contributed by atoms with van der Waals surface area (Å²) in [5, 5.41) is 19.3. The Hall–Kier alpha value is -3.29. The first-order valence-electron chi connectivity index (χ1n) is 9.48. The number of rotatable bonds is 6. The lowest BCUT2D eigenvalue weighted by molar-refractivity contribution is 0.449. The van der Waals surface area contributed by atoms with Crippen LogP contribution in [0, 0.1) is 11.6 Å². The van der Waals surface area contributed by atoms with Gasteiger partial charge in [0.25, 0.3) is 0 Å². The molecular weight excluding hydrogens is 450 g/mol. The van der Waals surface area contributed by atoms with Gasteiger partial charge in [0, 0.05) is 25.6 Å². The Morgan fingerprint density at radius 3 is 1.88 bits per heavy atom. The number of phenols is 2. The minimum absolute atomic E-state index is 0.0943. The van der Waals surface area contributed by atoms with Gasteiger partial charge in [0.1, 0.15) is 28.7 Å². The molecular formula is C25H17F2O3S2+. The summed E-state index contributed by atoms with van der Waals surface area (Å²) >= 11 is 2.75. The molecule has 0 aliphatic carbocycles. The van der Waals surface area contributed by atoms with E-state index in [2.05, 4.69) is 0 Å². The summed E-state index contributed by atoms with van der Waals surface area (Å²) in [6.45, 7) is 0. The summed E-state index contributed by atoms with van der Waals surface area (Å²) < 4.78 is 27.7. The highest BCUT2D eigenvalue weighted by atomic mass is 32.2. The summed E-state index contributed by atoms with van der Waals surface area (Å²) in [5.74, 6) is -1.53. The van der Waals surface area contributed by atoms with Crippen molar-refractivity contribution < 1.29 is 23.8 Å². The molecule has 0 saturated carbocycles. The molecule has 7 heteroatoms. The summed E-state index contributed by atoms with van der Waals surface area (Å²) in [6, 6.07) is 21.9. The predicted octanol–water partition coefficient (Wildman–Crippen LogP) is 6.62. The molecule has 0 bridgehead atoms. The van der Waals surface area contributed by atoms with Crippen LogP contribution in [0.3, 0.4) is 0 Å². The number of halogens is 2. The fourth-order valence-corrected chi connectivity index (χ4v) is 4.58. The second-order valence-electron chi connectivity index (χ2n) is 6.82. The molecule has 0 spiro atoms. The number of ketones is 1. The summed E-state index contributed by atoms with van der Waals surface area (Å²) in [5.41, 5.74) is 0.302. The Balaban J connectivity index is 1.46. The van der Waals surface area contributed by atoms with Crippen molar-refractivity contribution in [2.24, 2.45) is 0 Å². The minimum Gasteiger partial charge on any atom is -0.508 e. The zero-order chi connectivity index (χ0) is 22.7. The van der Waals surface area contributed by atoms with Crippen LogP contribution in [0.25, 0.3) is 0 Å². The van der Waals surface area contributed by atoms with Gasteiger partial charge in [0.05, 0.1) is 5.56 Å². The molecule has 0 heterocycles. The third kappa shape index (κ3) is 5.12. The molecule has 0 aliphatic rings. The van der Waals surface area contributed by atoms with Crippen LogP contribution in [0.5, 0.6) is 11.5 Å². The molecule has 0 amide bonds. The van der Waals surface area contributed by atoms with E-state index in [1.807, 2.05) is 24.3 Å². The largest absolute Gasteiger partial charge is 0.508 e. The van der Waals surface area contributed by atoms with Crippen LogP contribution in [0.15, 0.2) is 105 Å². The van der Waals surface area contributed by atoms with E-state index in [9.17, 15) is 23.8 Å². The van der Waals surface area contributed by atoms with E-state index in [0.29, 0.717) is 4.90 Å². The molecule has 0 saturated heterocycles. The number of phenolic OH excluding ortho intramolecular Hbond substituents is 2. The topological polar surface area (TPSA) is 61.9 Å². The van der Waals surface area contributed by atoms with Gasteiger partial charge in [-0.25, -0.2) is 8.78 Å². The van der Waals surface area contributed by atoms with Crippen LogP contribution < -0.4 is 0 Å². The van der Waals surface area contributed by atoms with Crippen LogP contribution in [-0.2, 0) is 0 Å². The Bertz CT molecular complexity index is 1270. The van der Waals surface area contributed by atoms with Crippen LogP contribution >= 0.6 is 23.5 Å². The van der Waals surface area contributed by atoms with Crippen molar-refractivity contribution in [1.82, 2.24) is 0 Å². The van der Waals surface area contributed by atoms with Crippen LogP contribution in [-0.4, -0.2) is 20.8 Å². The van der Waals surface area contributed by atoms with Gasteiger partial charge < -0.3 is 10.2 Å². The fourth-order valence-electron chi connectivity index (χ4n) is 2.95. The Kier molecular flexibility index (Phi) is 6.48. The van der Waals surface area contributed by atoms with Gasteiger partial charge >= 0.3 is 5.78 Å². The number of benzene rings is 4. The highest BCUT2D eigenvalue weighted by Gasteiger charge is 2.22. The summed E-state index contributed by atoms with van der Waals surface area (Å²) in [7, 11) is 0. The van der Waals surface area contributed by atoms with Crippen molar-refractivity contribution in [2.45, 2.75) is 19.6 Å². The molecule has 0 aromatic heterocycles. The highest BCUT2D eigenvalue weighted by molar-refractivity contribution is 7.99. The SMILES string of the molecule is Oc1ccc(C(=[OH+])c2ccc(Sc3ccc(Sc4ccc(F)cc4)cc3)c(F)c2)c(O)c1. The molecule has 4 aromatic carbocycles. The molecule has 0 aliphatic heterocycles. The van der Waals surface area contributed by atoms with Crippen LogP contribution in [0.4, 0.5) is 8.78 Å². The average Bonchev–Trinajstić information content (AvgIpc) is 2.77. The zero-order valence-electron chi connectivity index (χ0n) is 16.5.